The van der Waals surface area contributed by atoms with Crippen molar-refractivity contribution in [2.45, 2.75) is 27.2 Å². The molecule has 0 aromatic carbocycles. The number of ether oxygens (including phenoxy) is 1. The van der Waals surface area contributed by atoms with Crippen LogP contribution in [0.25, 0.3) is 0 Å². The zero-order valence-corrected chi connectivity index (χ0v) is 11.8. The highest BCUT2D eigenvalue weighted by atomic mass is 16.5. The van der Waals surface area contributed by atoms with E-state index in [1.165, 1.54) is 6.20 Å². The Kier molecular flexibility index (Phi) is 5.89. The number of aryl methyl sites for hydroxylation is 1. The van der Waals surface area contributed by atoms with Gasteiger partial charge in [0.25, 0.3) is 0 Å². The van der Waals surface area contributed by atoms with E-state index in [1.807, 2.05) is 0 Å². The van der Waals surface area contributed by atoms with Gasteiger partial charge in [-0.3, -0.25) is 4.79 Å². The third-order valence-electron chi connectivity index (χ3n) is 2.82. The number of nitrogens with zero attached hydrogens (tertiary/aromatic N) is 2. The molecule has 0 aliphatic carbocycles. The Labute approximate surface area is 117 Å². The number of anilines is 1. The summed E-state index contributed by atoms with van der Waals surface area (Å²) >= 11 is 0. The van der Waals surface area contributed by atoms with Crippen molar-refractivity contribution in [3.8, 4) is 0 Å². The fraction of sp³-hybridized carbons (Fsp3) is 0.538. The van der Waals surface area contributed by atoms with Crippen molar-refractivity contribution < 1.29 is 19.4 Å². The van der Waals surface area contributed by atoms with Gasteiger partial charge in [-0.1, -0.05) is 6.92 Å². The van der Waals surface area contributed by atoms with Gasteiger partial charge in [-0.15, -0.1) is 0 Å². The number of hydrogen-bond donors (Lipinski definition) is 2. The highest BCUT2D eigenvalue weighted by Gasteiger charge is 2.16. The smallest absolute Gasteiger partial charge is 0.341 e. The van der Waals surface area contributed by atoms with Gasteiger partial charge < -0.3 is 15.2 Å². The predicted octanol–water partition coefficient (Wildman–Crippen LogP) is 1.48. The number of hydrogen-bond acceptors (Lipinski definition) is 6. The zero-order valence-electron chi connectivity index (χ0n) is 11.8. The lowest BCUT2D eigenvalue weighted by atomic mass is 10.1. The third-order valence-corrected chi connectivity index (χ3v) is 2.82. The molecule has 0 spiro atoms. The Morgan fingerprint density at radius 2 is 2.15 bits per heavy atom. The number of nitrogens with one attached hydrogen (secondary N) is 1. The van der Waals surface area contributed by atoms with E-state index in [2.05, 4.69) is 15.3 Å². The van der Waals surface area contributed by atoms with Crippen molar-refractivity contribution in [1.82, 2.24) is 9.97 Å². The largest absolute Gasteiger partial charge is 0.481 e. The molecule has 1 rings (SSSR count). The quantitative estimate of drug-likeness (QED) is 0.730. The molecule has 1 heterocycles. The van der Waals surface area contributed by atoms with Gasteiger partial charge in [0.2, 0.25) is 5.95 Å². The fourth-order valence-corrected chi connectivity index (χ4v) is 1.58. The Morgan fingerprint density at radius 1 is 1.45 bits per heavy atom. The van der Waals surface area contributed by atoms with Crippen LogP contribution in [0.15, 0.2) is 6.20 Å². The van der Waals surface area contributed by atoms with Crippen molar-refractivity contribution in [2.24, 2.45) is 5.92 Å². The molecule has 110 valence electrons. The lowest BCUT2D eigenvalue weighted by Crippen LogP contribution is -2.23. The molecule has 0 amide bonds. The Bertz CT molecular complexity index is 491. The summed E-state index contributed by atoms with van der Waals surface area (Å²) in [6.07, 6.45) is 1.90. The van der Waals surface area contributed by atoms with Gasteiger partial charge in [0.15, 0.2) is 0 Å². The van der Waals surface area contributed by atoms with Crippen molar-refractivity contribution in [3.05, 3.63) is 17.5 Å². The Balaban J connectivity index is 2.72. The van der Waals surface area contributed by atoms with Crippen LogP contribution in [0.3, 0.4) is 0 Å². The molecule has 2 N–H and O–H groups in total. The topological polar surface area (TPSA) is 101 Å². The summed E-state index contributed by atoms with van der Waals surface area (Å²) in [5, 5.41) is 11.8. The number of aromatic nitrogens is 2. The first-order valence-corrected chi connectivity index (χ1v) is 6.47. The van der Waals surface area contributed by atoms with Gasteiger partial charge in [0.1, 0.15) is 0 Å². The minimum absolute atomic E-state index is 0.240. The van der Waals surface area contributed by atoms with Crippen LogP contribution < -0.4 is 5.32 Å². The van der Waals surface area contributed by atoms with Crippen molar-refractivity contribution in [3.63, 3.8) is 0 Å². The molecular formula is C13H19N3O4. The molecule has 0 saturated carbocycles. The third kappa shape index (κ3) is 4.18. The van der Waals surface area contributed by atoms with Crippen LogP contribution in [-0.2, 0) is 9.53 Å². The van der Waals surface area contributed by atoms with Gasteiger partial charge in [0, 0.05) is 12.7 Å². The molecule has 1 unspecified atom stereocenters. The number of carboxylic acids is 1. The van der Waals surface area contributed by atoms with Gasteiger partial charge in [-0.25, -0.2) is 14.8 Å². The predicted molar refractivity (Wildman–Crippen MR) is 72.6 cm³/mol. The molecule has 0 fully saturated rings. The summed E-state index contributed by atoms with van der Waals surface area (Å²) in [7, 11) is 0. The van der Waals surface area contributed by atoms with Crippen LogP contribution in [0.4, 0.5) is 5.95 Å². The minimum Gasteiger partial charge on any atom is -0.481 e. The van der Waals surface area contributed by atoms with E-state index in [0.29, 0.717) is 23.6 Å². The minimum atomic E-state index is -0.861. The summed E-state index contributed by atoms with van der Waals surface area (Å²) < 4.78 is 4.88. The van der Waals surface area contributed by atoms with Gasteiger partial charge in [-0.2, -0.15) is 0 Å². The summed E-state index contributed by atoms with van der Waals surface area (Å²) in [5.74, 6) is -1.52. The molecule has 7 heteroatoms. The maximum atomic E-state index is 11.6. The molecule has 1 aromatic heterocycles. The SMILES string of the molecule is CCOC(=O)c1cnc(NCC(CC)C(=O)O)nc1C. The van der Waals surface area contributed by atoms with Crippen molar-refractivity contribution >= 4 is 17.9 Å². The lowest BCUT2D eigenvalue weighted by molar-refractivity contribution is -0.141. The Hall–Kier alpha value is -2.18. The van der Waals surface area contributed by atoms with E-state index in [-0.39, 0.29) is 13.2 Å². The maximum absolute atomic E-state index is 11.6. The van der Waals surface area contributed by atoms with Crippen molar-refractivity contribution in [2.75, 3.05) is 18.5 Å². The Morgan fingerprint density at radius 3 is 2.65 bits per heavy atom. The highest BCUT2D eigenvalue weighted by molar-refractivity contribution is 5.90. The fourth-order valence-electron chi connectivity index (χ4n) is 1.58. The molecule has 0 saturated heterocycles. The standard InChI is InChI=1S/C13H19N3O4/c1-4-9(11(17)18)6-14-13-15-7-10(8(3)16-13)12(19)20-5-2/h7,9H,4-6H2,1-3H3,(H,17,18)(H,14,15,16). The van der Waals surface area contributed by atoms with Gasteiger partial charge >= 0.3 is 11.9 Å². The molecule has 7 nitrogen and oxygen atoms in total. The van der Waals surface area contributed by atoms with E-state index in [1.54, 1.807) is 20.8 Å². The number of carbonyl (C=O) groups is 2. The normalized spacial score (nSPS) is 11.8. The summed E-state index contributed by atoms with van der Waals surface area (Å²) in [4.78, 5) is 30.6. The summed E-state index contributed by atoms with van der Waals surface area (Å²) in [5.41, 5.74) is 0.798. The number of esters is 1. The van der Waals surface area contributed by atoms with Crippen LogP contribution in [0.2, 0.25) is 0 Å². The average Bonchev–Trinajstić information content (AvgIpc) is 2.39. The first-order chi connectivity index (χ1) is 9.49. The number of rotatable bonds is 7. The second kappa shape index (κ2) is 7.42. The number of carbonyl (C=O) groups excluding carboxylic acids is 1. The van der Waals surface area contributed by atoms with Crippen LogP contribution in [-0.4, -0.2) is 40.2 Å². The first kappa shape index (κ1) is 15.9. The molecule has 1 atom stereocenters. The van der Waals surface area contributed by atoms with E-state index in [9.17, 15) is 9.59 Å². The first-order valence-electron chi connectivity index (χ1n) is 6.47. The molecule has 0 bridgehead atoms. The van der Waals surface area contributed by atoms with Crippen LogP contribution >= 0.6 is 0 Å². The van der Waals surface area contributed by atoms with E-state index in [0.717, 1.165) is 0 Å². The van der Waals surface area contributed by atoms with Gasteiger partial charge in [0.05, 0.1) is 23.8 Å². The highest BCUT2D eigenvalue weighted by Crippen LogP contribution is 2.10. The van der Waals surface area contributed by atoms with Crippen LogP contribution in [0, 0.1) is 12.8 Å². The van der Waals surface area contributed by atoms with Crippen molar-refractivity contribution in [1.29, 1.82) is 0 Å². The summed E-state index contributed by atoms with van der Waals surface area (Å²) in [6.45, 7) is 5.73. The average molecular weight is 281 g/mol. The molecule has 0 aliphatic heterocycles. The van der Waals surface area contributed by atoms with E-state index in [4.69, 9.17) is 9.84 Å². The number of aliphatic carboxylic acids is 1. The zero-order chi connectivity index (χ0) is 15.1. The number of carboxylic acid groups (broad SMARTS) is 1. The monoisotopic (exact) mass is 281 g/mol. The second-order valence-corrected chi connectivity index (χ2v) is 4.24. The van der Waals surface area contributed by atoms with E-state index >= 15 is 0 Å². The summed E-state index contributed by atoms with van der Waals surface area (Å²) in [6, 6.07) is 0. The molecule has 0 aliphatic rings. The van der Waals surface area contributed by atoms with E-state index < -0.39 is 17.9 Å². The van der Waals surface area contributed by atoms with Crippen LogP contribution in [0.1, 0.15) is 36.3 Å². The molecule has 20 heavy (non-hydrogen) atoms. The van der Waals surface area contributed by atoms with Gasteiger partial charge in [-0.05, 0) is 20.3 Å². The molecular weight excluding hydrogens is 262 g/mol. The molecule has 0 radical (unpaired) electrons. The second-order valence-electron chi connectivity index (χ2n) is 4.24. The lowest BCUT2D eigenvalue weighted by Gasteiger charge is -2.12. The maximum Gasteiger partial charge on any atom is 0.341 e. The molecule has 1 aromatic rings. The van der Waals surface area contributed by atoms with Crippen LogP contribution in [0.5, 0.6) is 0 Å².